The van der Waals surface area contributed by atoms with Crippen LogP contribution in [0.25, 0.3) is 33.1 Å². The van der Waals surface area contributed by atoms with Crippen molar-refractivity contribution < 1.29 is 0 Å². The molecule has 0 aliphatic heterocycles. The molecular formula is C46H51Cl3N13S4-. The van der Waals surface area contributed by atoms with E-state index < -0.39 is 0 Å². The zero-order chi connectivity index (χ0) is 42.6. The molecule has 0 unspecified atom stereocenters. The number of rotatable bonds is 5. The van der Waals surface area contributed by atoms with Crippen LogP contribution in [0.2, 0.25) is 15.7 Å². The number of aromatic amines is 3. The monoisotopic (exact) mass is 1020 g/mol. The second-order valence-corrected chi connectivity index (χ2v) is 16.2. The van der Waals surface area contributed by atoms with Gasteiger partial charge in [0.1, 0.15) is 33.7 Å². The van der Waals surface area contributed by atoms with E-state index in [-0.39, 0.29) is 70.6 Å². The summed E-state index contributed by atoms with van der Waals surface area (Å²) in [6, 6.07) is 32.3. The van der Waals surface area contributed by atoms with Crippen molar-refractivity contribution in [2.45, 2.75) is 56.7 Å². The second-order valence-electron chi connectivity index (χ2n) is 15.2. The summed E-state index contributed by atoms with van der Waals surface area (Å²) in [5.74, 6) is 2.30. The highest BCUT2D eigenvalue weighted by Crippen LogP contribution is 2.36. The zero-order valence-corrected chi connectivity index (χ0v) is 41.9. The third kappa shape index (κ3) is 11.6. The van der Waals surface area contributed by atoms with Gasteiger partial charge in [-0.2, -0.15) is 60.4 Å². The van der Waals surface area contributed by atoms with Crippen molar-refractivity contribution in [3.63, 3.8) is 0 Å². The molecule has 3 atom stereocenters. The largest absolute Gasteiger partial charge is 0.813 e. The van der Waals surface area contributed by atoms with Crippen LogP contribution in [-0.4, -0.2) is 51.9 Å². The van der Waals surface area contributed by atoms with E-state index in [1.165, 1.54) is 33.4 Å². The van der Waals surface area contributed by atoms with Gasteiger partial charge in [-0.3, -0.25) is 0 Å². The molecule has 3 aliphatic rings. The van der Waals surface area contributed by atoms with Gasteiger partial charge in [0.15, 0.2) is 0 Å². The van der Waals surface area contributed by atoms with Crippen molar-refractivity contribution in [2.24, 2.45) is 5.73 Å². The lowest BCUT2D eigenvalue weighted by Gasteiger charge is -2.16. The summed E-state index contributed by atoms with van der Waals surface area (Å²) in [5.41, 5.74) is 16.5. The molecule has 9 aromatic rings. The maximum Gasteiger partial charge on any atom is 0.226 e. The maximum absolute atomic E-state index is 5.98. The molecule has 0 bridgehead atoms. The van der Waals surface area contributed by atoms with Crippen LogP contribution in [0.1, 0.15) is 70.8 Å². The number of aromatic nitrogens is 9. The fourth-order valence-electron chi connectivity index (χ4n) is 8.40. The molecule has 0 saturated carbocycles. The highest BCUT2D eigenvalue weighted by molar-refractivity contribution is 7.59. The summed E-state index contributed by atoms with van der Waals surface area (Å²) in [6.45, 7) is 0. The molecule has 0 fully saturated rings. The number of hydrogen-bond donors (Lipinski definition) is 7. The van der Waals surface area contributed by atoms with Crippen molar-refractivity contribution >= 4 is 139 Å². The molecule has 0 amide bonds. The van der Waals surface area contributed by atoms with Crippen molar-refractivity contribution in [3.8, 4) is 0 Å². The first-order chi connectivity index (χ1) is 30.3. The Morgan fingerprint density at radius 1 is 0.515 bits per heavy atom. The van der Waals surface area contributed by atoms with E-state index in [9.17, 15) is 0 Å². The number of halogens is 3. The molecule has 0 saturated heterocycles. The number of fused-ring (bicyclic) bond motifs is 6. The molecule has 12 rings (SSSR count). The van der Waals surface area contributed by atoms with Gasteiger partial charge in [0.2, 0.25) is 16.5 Å². The quantitative estimate of drug-likeness (QED) is 0.0376. The Labute approximate surface area is 425 Å². The van der Waals surface area contributed by atoms with Crippen LogP contribution in [0.4, 0.5) is 17.6 Å². The molecule has 66 heavy (non-hydrogen) atoms. The zero-order valence-electron chi connectivity index (χ0n) is 35.7. The van der Waals surface area contributed by atoms with Gasteiger partial charge in [0, 0.05) is 31.7 Å². The predicted molar refractivity (Wildman–Crippen MR) is 290 cm³/mol. The molecule has 0 spiro atoms. The average Bonchev–Trinajstić information content (AvgIpc) is 4.16. The van der Waals surface area contributed by atoms with E-state index in [0.29, 0.717) is 28.8 Å². The second kappa shape index (κ2) is 23.7. The number of nitrogens with zero attached hydrogens (tertiary/aromatic N) is 6. The van der Waals surface area contributed by atoms with Crippen molar-refractivity contribution in [1.82, 2.24) is 44.9 Å². The standard InChI is InChI=1S/C16H17N5.C15H13ClN4.C9H11N.C6H3Cl2N3.4H2S/c1-17-16-20-14-12(8-9-18-14)15(21-16)19-13-7-6-10-4-2-3-5-11(10)13;16-15-19-13-11(7-8-17-13)14(20-15)18-12-6-5-9-3-1-2-4-10(9)12;10-9-6-5-7-3-1-2-4-8(7)9;7-4-3-1-2-9-5(3)11-6(8)10-4;;;;/h2-5,8-9,13H,6-7H2,1H3,(H3,17,18,19,20,21);1-4,7-8,12H,5-6H2,(H2,17,18,19,20);1-4,9H,5-6,10H2;1-2H,(H,9,10,11);4*1H2/p-1/t13-;12-;9-;;;;;/m000...../s1. The van der Waals surface area contributed by atoms with Crippen LogP contribution < -0.4 is 21.7 Å². The summed E-state index contributed by atoms with van der Waals surface area (Å²) in [7, 11) is 1.83. The van der Waals surface area contributed by atoms with Crippen LogP contribution >= 0.6 is 75.3 Å². The van der Waals surface area contributed by atoms with Gasteiger partial charge in [0.25, 0.3) is 0 Å². The Kier molecular flexibility index (Phi) is 18.7. The first-order valence-corrected chi connectivity index (χ1v) is 21.7. The molecule has 13 nitrogen and oxygen atoms in total. The van der Waals surface area contributed by atoms with Crippen LogP contribution in [0, 0.1) is 0 Å². The highest BCUT2D eigenvalue weighted by atomic mass is 35.5. The Hall–Kier alpha value is -4.85. The minimum absolute atomic E-state index is 0. The van der Waals surface area contributed by atoms with Gasteiger partial charge in [-0.05, 0) is 113 Å². The molecular weight excluding hydrogens is 969 g/mol. The van der Waals surface area contributed by atoms with E-state index in [1.807, 2.05) is 31.6 Å². The first-order valence-electron chi connectivity index (χ1n) is 20.5. The van der Waals surface area contributed by atoms with Crippen molar-refractivity contribution in [2.75, 3.05) is 23.0 Å². The van der Waals surface area contributed by atoms with Crippen LogP contribution in [-0.2, 0) is 32.8 Å². The SMILES string of the molecule is CNc1nc(N[C@H]2CCc3ccccc32)c2cc[nH]c2n1.Clc1nc(Cl)c2cc[nH]c2n1.Clc1nc(N[C@H]2CCc3ccccc32)c2cc[nH]c2n1.N[C@H]1CCc2ccccc21.S.S.S.[SH-]. The molecule has 346 valence electrons. The number of nitrogens with one attached hydrogen (secondary N) is 6. The third-order valence-corrected chi connectivity index (χ3v) is 12.1. The molecule has 6 heterocycles. The molecule has 3 aromatic carbocycles. The van der Waals surface area contributed by atoms with Gasteiger partial charge < -0.3 is 50.1 Å². The predicted octanol–water partition coefficient (Wildman–Crippen LogP) is 10.8. The van der Waals surface area contributed by atoms with E-state index in [1.54, 1.807) is 12.3 Å². The van der Waals surface area contributed by atoms with Gasteiger partial charge in [-0.1, -0.05) is 84.4 Å². The summed E-state index contributed by atoms with van der Waals surface area (Å²) >= 11 is 17.3. The maximum atomic E-state index is 5.98. The van der Waals surface area contributed by atoms with E-state index in [0.717, 1.165) is 77.6 Å². The average molecular weight is 1020 g/mol. The Morgan fingerprint density at radius 2 is 0.939 bits per heavy atom. The summed E-state index contributed by atoms with van der Waals surface area (Å²) in [6.07, 6.45) is 12.2. The van der Waals surface area contributed by atoms with Crippen molar-refractivity contribution in [3.05, 3.63) is 159 Å². The first kappa shape index (κ1) is 52.1. The lowest BCUT2D eigenvalue weighted by Crippen LogP contribution is -2.10. The van der Waals surface area contributed by atoms with E-state index >= 15 is 0 Å². The third-order valence-electron chi connectivity index (χ3n) is 11.4. The normalized spacial score (nSPS) is 15.9. The number of nitrogens with two attached hydrogens (primary N) is 1. The fraction of sp³-hybridized carbons (Fsp3) is 0.217. The molecule has 8 N–H and O–H groups in total. The van der Waals surface area contributed by atoms with Gasteiger partial charge in [-0.25, -0.2) is 9.97 Å². The number of anilines is 3. The summed E-state index contributed by atoms with van der Waals surface area (Å²) in [5, 5.41) is 13.7. The lowest BCUT2D eigenvalue weighted by atomic mass is 10.1. The fourth-order valence-corrected chi connectivity index (χ4v) is 9.01. The Bertz CT molecular complexity index is 3000. The molecule has 3 aliphatic carbocycles. The van der Waals surface area contributed by atoms with Crippen LogP contribution in [0.15, 0.2) is 110 Å². The highest BCUT2D eigenvalue weighted by Gasteiger charge is 2.25. The van der Waals surface area contributed by atoms with Gasteiger partial charge in [0.05, 0.1) is 28.2 Å². The summed E-state index contributed by atoms with van der Waals surface area (Å²) < 4.78 is 0. The Morgan fingerprint density at radius 3 is 1.47 bits per heavy atom. The van der Waals surface area contributed by atoms with E-state index in [2.05, 4.69) is 134 Å². The number of hydrogen-bond acceptors (Lipinski definition) is 11. The lowest BCUT2D eigenvalue weighted by molar-refractivity contribution is 0.713. The van der Waals surface area contributed by atoms with Gasteiger partial charge >= 0.3 is 0 Å². The van der Waals surface area contributed by atoms with Crippen LogP contribution in [0.5, 0.6) is 0 Å². The molecule has 6 aromatic heterocycles. The Balaban J connectivity index is 0.000000169. The van der Waals surface area contributed by atoms with Crippen molar-refractivity contribution in [1.29, 1.82) is 0 Å². The minimum atomic E-state index is 0. The molecule has 20 heteroatoms. The number of thiol groups is 1. The minimum Gasteiger partial charge on any atom is -0.813 e. The van der Waals surface area contributed by atoms with E-state index in [4.69, 9.17) is 40.5 Å². The number of aryl methyl sites for hydroxylation is 3. The topological polar surface area (TPSA) is 187 Å². The number of benzene rings is 3. The van der Waals surface area contributed by atoms with Gasteiger partial charge in [-0.15, -0.1) is 0 Å². The van der Waals surface area contributed by atoms with Crippen LogP contribution in [0.3, 0.4) is 0 Å². The number of H-pyrrole nitrogens is 3. The smallest absolute Gasteiger partial charge is 0.226 e. The molecule has 0 radical (unpaired) electrons. The summed E-state index contributed by atoms with van der Waals surface area (Å²) in [4.78, 5) is 34.3.